The minimum absolute atomic E-state index is 0.0774. The summed E-state index contributed by atoms with van der Waals surface area (Å²) in [5.74, 6) is 5.78. The molecule has 0 radical (unpaired) electrons. The summed E-state index contributed by atoms with van der Waals surface area (Å²) < 4.78 is 0. The van der Waals surface area contributed by atoms with Crippen molar-refractivity contribution in [1.29, 1.82) is 0 Å². The topological polar surface area (TPSA) is 78.4 Å². The number of carbonyl (C=O) groups excluding carboxylic acids is 1. The highest BCUT2D eigenvalue weighted by Gasteiger charge is 2.20. The highest BCUT2D eigenvalue weighted by molar-refractivity contribution is 5.92. The molecule has 0 aliphatic heterocycles. The zero-order valence-corrected chi connectivity index (χ0v) is 12.4. The van der Waals surface area contributed by atoms with Crippen molar-refractivity contribution in [2.24, 2.45) is 5.92 Å². The van der Waals surface area contributed by atoms with Gasteiger partial charge in [0.05, 0.1) is 6.54 Å². The van der Waals surface area contributed by atoms with Gasteiger partial charge in [0.2, 0.25) is 5.91 Å². The van der Waals surface area contributed by atoms with Gasteiger partial charge in [-0.15, -0.1) is 0 Å². The number of benzene rings is 1. The van der Waals surface area contributed by atoms with Gasteiger partial charge < -0.3 is 15.7 Å². The first-order valence-corrected chi connectivity index (χ1v) is 7.52. The molecule has 2 amide bonds. The first-order valence-electron chi connectivity index (χ1n) is 7.52. The average molecular weight is 300 g/mol. The van der Waals surface area contributed by atoms with Crippen molar-refractivity contribution < 1.29 is 14.7 Å². The molecule has 0 bridgehead atoms. The summed E-state index contributed by atoms with van der Waals surface area (Å²) >= 11 is 0. The third kappa shape index (κ3) is 5.13. The minimum Gasteiger partial charge on any atom is -0.465 e. The van der Waals surface area contributed by atoms with Gasteiger partial charge in [0.25, 0.3) is 0 Å². The molecule has 1 aliphatic carbocycles. The lowest BCUT2D eigenvalue weighted by Crippen LogP contribution is -2.24. The number of hydrogen-bond acceptors (Lipinski definition) is 2. The molecular weight excluding hydrogens is 280 g/mol. The zero-order chi connectivity index (χ0) is 15.8. The molecule has 5 nitrogen and oxygen atoms in total. The van der Waals surface area contributed by atoms with E-state index in [1.165, 1.54) is 6.42 Å². The fraction of sp³-hybridized carbons (Fsp3) is 0.412. The summed E-state index contributed by atoms with van der Waals surface area (Å²) in [6, 6.07) is 7.28. The van der Waals surface area contributed by atoms with Crippen molar-refractivity contribution in [2.45, 2.75) is 32.1 Å². The van der Waals surface area contributed by atoms with Gasteiger partial charge in [-0.3, -0.25) is 4.79 Å². The summed E-state index contributed by atoms with van der Waals surface area (Å²) in [6.07, 6.45) is 4.31. The van der Waals surface area contributed by atoms with E-state index in [2.05, 4.69) is 22.5 Å². The van der Waals surface area contributed by atoms with E-state index in [1.807, 2.05) is 18.2 Å². The van der Waals surface area contributed by atoms with Crippen molar-refractivity contribution in [3.8, 4) is 11.8 Å². The predicted octanol–water partition coefficient (Wildman–Crippen LogP) is 2.82. The van der Waals surface area contributed by atoms with Crippen LogP contribution < -0.4 is 10.6 Å². The Kier molecular flexibility index (Phi) is 5.84. The third-order valence-corrected chi connectivity index (χ3v) is 3.67. The second-order valence-electron chi connectivity index (χ2n) is 5.37. The van der Waals surface area contributed by atoms with Crippen LogP contribution in [0.3, 0.4) is 0 Å². The van der Waals surface area contributed by atoms with Crippen LogP contribution in [0.15, 0.2) is 24.3 Å². The maximum absolute atomic E-state index is 12.2. The summed E-state index contributed by atoms with van der Waals surface area (Å²) in [7, 11) is 0. The average Bonchev–Trinajstić information content (AvgIpc) is 2.52. The molecule has 116 valence electrons. The highest BCUT2D eigenvalue weighted by atomic mass is 16.4. The van der Waals surface area contributed by atoms with Crippen molar-refractivity contribution in [1.82, 2.24) is 5.32 Å². The van der Waals surface area contributed by atoms with E-state index >= 15 is 0 Å². The lowest BCUT2D eigenvalue weighted by atomic mass is 9.88. The maximum Gasteiger partial charge on any atom is 0.405 e. The first-order chi connectivity index (χ1) is 10.6. The molecule has 1 saturated carbocycles. The number of carbonyl (C=O) groups is 2. The number of nitrogens with one attached hydrogen (secondary N) is 2. The van der Waals surface area contributed by atoms with Crippen molar-refractivity contribution >= 4 is 17.7 Å². The quantitative estimate of drug-likeness (QED) is 0.751. The number of amides is 2. The Morgan fingerprint density at radius 1 is 1.23 bits per heavy atom. The molecule has 22 heavy (non-hydrogen) atoms. The summed E-state index contributed by atoms with van der Waals surface area (Å²) in [5.41, 5.74) is 1.47. The van der Waals surface area contributed by atoms with E-state index in [9.17, 15) is 9.59 Å². The molecule has 0 aromatic heterocycles. The Morgan fingerprint density at radius 3 is 2.73 bits per heavy atom. The molecular formula is C17H20N2O3. The Hall–Kier alpha value is -2.48. The summed E-state index contributed by atoms with van der Waals surface area (Å²) in [5, 5.41) is 13.6. The fourth-order valence-corrected chi connectivity index (χ4v) is 2.55. The van der Waals surface area contributed by atoms with Crippen LogP contribution in [0, 0.1) is 17.8 Å². The van der Waals surface area contributed by atoms with Crippen LogP contribution in [0.5, 0.6) is 0 Å². The Morgan fingerprint density at radius 2 is 2.00 bits per heavy atom. The standard InChI is InChI=1S/C17H20N2O3/c20-16(14-8-2-1-3-9-14)19-15-10-4-6-13(12-15)7-5-11-18-17(21)22/h4,6,10,12,14,18H,1-3,8-9,11H2,(H,19,20)(H,21,22). The molecule has 1 aliphatic rings. The zero-order valence-electron chi connectivity index (χ0n) is 12.4. The largest absolute Gasteiger partial charge is 0.465 e. The predicted molar refractivity (Wildman–Crippen MR) is 84.6 cm³/mol. The van der Waals surface area contributed by atoms with E-state index in [0.717, 1.165) is 36.9 Å². The molecule has 1 fully saturated rings. The van der Waals surface area contributed by atoms with E-state index in [4.69, 9.17) is 5.11 Å². The lowest BCUT2D eigenvalue weighted by molar-refractivity contribution is -0.120. The maximum atomic E-state index is 12.2. The van der Waals surface area contributed by atoms with Crippen LogP contribution in [0.4, 0.5) is 10.5 Å². The smallest absolute Gasteiger partial charge is 0.405 e. The van der Waals surface area contributed by atoms with E-state index < -0.39 is 6.09 Å². The van der Waals surface area contributed by atoms with Gasteiger partial charge in [-0.05, 0) is 31.0 Å². The Labute approximate surface area is 130 Å². The SMILES string of the molecule is O=C(O)NCC#Cc1cccc(NC(=O)C2CCCCC2)c1. The second kappa shape index (κ2) is 8.08. The minimum atomic E-state index is -1.09. The molecule has 0 spiro atoms. The van der Waals surface area contributed by atoms with Gasteiger partial charge in [-0.25, -0.2) is 4.79 Å². The van der Waals surface area contributed by atoms with Crippen LogP contribution in [-0.4, -0.2) is 23.7 Å². The number of carboxylic acid groups (broad SMARTS) is 1. The summed E-state index contributed by atoms with van der Waals surface area (Å²) in [4.78, 5) is 22.5. The second-order valence-corrected chi connectivity index (χ2v) is 5.37. The highest BCUT2D eigenvalue weighted by Crippen LogP contribution is 2.25. The molecule has 0 saturated heterocycles. The molecule has 0 unspecified atom stereocenters. The van der Waals surface area contributed by atoms with Gasteiger partial charge in [0.1, 0.15) is 0 Å². The molecule has 0 heterocycles. The fourth-order valence-electron chi connectivity index (χ4n) is 2.55. The van der Waals surface area contributed by atoms with E-state index in [0.29, 0.717) is 0 Å². The summed E-state index contributed by atoms with van der Waals surface area (Å²) in [6.45, 7) is 0.0774. The first kappa shape index (κ1) is 15.9. The lowest BCUT2D eigenvalue weighted by Gasteiger charge is -2.20. The van der Waals surface area contributed by atoms with E-state index in [1.54, 1.807) is 6.07 Å². The Bertz CT molecular complexity index is 595. The number of anilines is 1. The molecule has 3 N–H and O–H groups in total. The van der Waals surface area contributed by atoms with Gasteiger partial charge in [0.15, 0.2) is 0 Å². The van der Waals surface area contributed by atoms with E-state index in [-0.39, 0.29) is 18.4 Å². The van der Waals surface area contributed by atoms with Gasteiger partial charge in [-0.1, -0.05) is 37.2 Å². The molecule has 1 aromatic rings. The van der Waals surface area contributed by atoms with Crippen molar-refractivity contribution in [2.75, 3.05) is 11.9 Å². The van der Waals surface area contributed by atoms with Crippen LogP contribution in [0.1, 0.15) is 37.7 Å². The third-order valence-electron chi connectivity index (χ3n) is 3.67. The van der Waals surface area contributed by atoms with Crippen molar-refractivity contribution in [3.05, 3.63) is 29.8 Å². The Balaban J connectivity index is 1.93. The molecule has 1 aromatic carbocycles. The van der Waals surface area contributed by atoms with Crippen LogP contribution in [0.2, 0.25) is 0 Å². The molecule has 2 rings (SSSR count). The number of rotatable bonds is 3. The van der Waals surface area contributed by atoms with Gasteiger partial charge in [-0.2, -0.15) is 0 Å². The van der Waals surface area contributed by atoms with Crippen LogP contribution in [0.25, 0.3) is 0 Å². The number of hydrogen-bond donors (Lipinski definition) is 3. The van der Waals surface area contributed by atoms with Gasteiger partial charge >= 0.3 is 6.09 Å². The molecule has 5 heteroatoms. The van der Waals surface area contributed by atoms with Crippen molar-refractivity contribution in [3.63, 3.8) is 0 Å². The van der Waals surface area contributed by atoms with Crippen LogP contribution in [-0.2, 0) is 4.79 Å². The van der Waals surface area contributed by atoms with Crippen LogP contribution >= 0.6 is 0 Å². The van der Waals surface area contributed by atoms with Gasteiger partial charge in [0, 0.05) is 17.2 Å². The molecule has 0 atom stereocenters. The normalized spacial score (nSPS) is 14.5. The monoisotopic (exact) mass is 300 g/mol.